The molecule has 4 heterocycles. The number of aromatic nitrogens is 4. The highest BCUT2D eigenvalue weighted by Gasteiger charge is 2.24. The lowest BCUT2D eigenvalue weighted by atomic mass is 10.0. The first-order valence-corrected chi connectivity index (χ1v) is 9.76. The zero-order valence-corrected chi connectivity index (χ0v) is 15.6. The van der Waals surface area contributed by atoms with E-state index in [0.29, 0.717) is 18.7 Å². The van der Waals surface area contributed by atoms with Crippen molar-refractivity contribution in [3.8, 4) is 11.3 Å². The third kappa shape index (κ3) is 3.02. The SMILES string of the molecule is O=C(c1cccc(-c2nccnc2N2CCCC2)c1)N1CCc2[nH]ncc2C1. The molecular weight excluding hydrogens is 352 g/mol. The molecule has 1 N–H and O–H groups in total. The summed E-state index contributed by atoms with van der Waals surface area (Å²) in [5.41, 5.74) is 4.69. The summed E-state index contributed by atoms with van der Waals surface area (Å²) in [6.07, 6.45) is 8.44. The Morgan fingerprint density at radius 3 is 2.82 bits per heavy atom. The van der Waals surface area contributed by atoms with Gasteiger partial charge in [0.05, 0.1) is 6.20 Å². The van der Waals surface area contributed by atoms with Crippen LogP contribution in [-0.2, 0) is 13.0 Å². The van der Waals surface area contributed by atoms with Crippen LogP contribution in [0.5, 0.6) is 0 Å². The molecule has 28 heavy (non-hydrogen) atoms. The predicted octanol–water partition coefficient (Wildman–Crippen LogP) is 2.67. The summed E-state index contributed by atoms with van der Waals surface area (Å²) in [5.74, 6) is 0.950. The number of nitrogens with zero attached hydrogens (tertiary/aromatic N) is 5. The van der Waals surface area contributed by atoms with Crippen molar-refractivity contribution in [1.29, 1.82) is 0 Å². The molecule has 1 saturated heterocycles. The maximum absolute atomic E-state index is 13.1. The van der Waals surface area contributed by atoms with Crippen molar-refractivity contribution >= 4 is 11.7 Å². The number of anilines is 1. The van der Waals surface area contributed by atoms with E-state index in [9.17, 15) is 4.79 Å². The first-order chi connectivity index (χ1) is 13.8. The van der Waals surface area contributed by atoms with Gasteiger partial charge in [-0.25, -0.2) is 4.98 Å². The predicted molar refractivity (Wildman–Crippen MR) is 106 cm³/mol. The second kappa shape index (κ2) is 7.07. The molecule has 1 amide bonds. The van der Waals surface area contributed by atoms with Crippen molar-refractivity contribution in [1.82, 2.24) is 25.1 Å². The lowest BCUT2D eigenvalue weighted by Crippen LogP contribution is -2.35. The van der Waals surface area contributed by atoms with Gasteiger partial charge in [0.2, 0.25) is 0 Å². The number of carbonyl (C=O) groups is 1. The highest BCUT2D eigenvalue weighted by Crippen LogP contribution is 2.30. The molecule has 3 aromatic rings. The Labute approximate surface area is 163 Å². The minimum absolute atomic E-state index is 0.0420. The van der Waals surface area contributed by atoms with E-state index < -0.39 is 0 Å². The smallest absolute Gasteiger partial charge is 0.254 e. The molecule has 0 bridgehead atoms. The van der Waals surface area contributed by atoms with Gasteiger partial charge in [0.25, 0.3) is 5.91 Å². The topological polar surface area (TPSA) is 78.0 Å². The number of hydrogen-bond donors (Lipinski definition) is 1. The summed E-state index contributed by atoms with van der Waals surface area (Å²) >= 11 is 0. The van der Waals surface area contributed by atoms with Crippen LogP contribution in [0.4, 0.5) is 5.82 Å². The van der Waals surface area contributed by atoms with E-state index in [0.717, 1.165) is 47.8 Å². The summed E-state index contributed by atoms with van der Waals surface area (Å²) in [7, 11) is 0. The molecule has 2 aliphatic heterocycles. The second-order valence-corrected chi connectivity index (χ2v) is 7.35. The second-order valence-electron chi connectivity index (χ2n) is 7.35. The fraction of sp³-hybridized carbons (Fsp3) is 0.333. The fourth-order valence-electron chi connectivity index (χ4n) is 4.07. The van der Waals surface area contributed by atoms with Crippen molar-refractivity contribution in [3.05, 3.63) is 59.7 Å². The third-order valence-electron chi connectivity index (χ3n) is 5.56. The Bertz CT molecular complexity index is 1010. The summed E-state index contributed by atoms with van der Waals surface area (Å²) in [6, 6.07) is 7.75. The van der Waals surface area contributed by atoms with Gasteiger partial charge in [0, 0.05) is 67.4 Å². The maximum Gasteiger partial charge on any atom is 0.254 e. The van der Waals surface area contributed by atoms with Gasteiger partial charge in [-0.3, -0.25) is 14.9 Å². The van der Waals surface area contributed by atoms with E-state index >= 15 is 0 Å². The number of rotatable bonds is 3. The number of benzene rings is 1. The number of fused-ring (bicyclic) bond motifs is 1. The van der Waals surface area contributed by atoms with Crippen molar-refractivity contribution in [3.63, 3.8) is 0 Å². The molecule has 1 fully saturated rings. The van der Waals surface area contributed by atoms with Crippen LogP contribution in [0.2, 0.25) is 0 Å². The van der Waals surface area contributed by atoms with E-state index in [-0.39, 0.29) is 5.91 Å². The molecule has 2 aliphatic rings. The number of nitrogens with one attached hydrogen (secondary N) is 1. The number of hydrogen-bond acceptors (Lipinski definition) is 5. The first-order valence-electron chi connectivity index (χ1n) is 9.76. The summed E-state index contributed by atoms with van der Waals surface area (Å²) < 4.78 is 0. The van der Waals surface area contributed by atoms with Crippen LogP contribution in [0, 0.1) is 0 Å². The summed E-state index contributed by atoms with van der Waals surface area (Å²) in [4.78, 5) is 26.4. The van der Waals surface area contributed by atoms with Gasteiger partial charge >= 0.3 is 0 Å². The Hall–Kier alpha value is -3.22. The van der Waals surface area contributed by atoms with Gasteiger partial charge in [-0.05, 0) is 25.0 Å². The molecule has 0 radical (unpaired) electrons. The molecule has 5 rings (SSSR count). The van der Waals surface area contributed by atoms with Crippen LogP contribution < -0.4 is 4.90 Å². The van der Waals surface area contributed by atoms with E-state index in [4.69, 9.17) is 0 Å². The van der Waals surface area contributed by atoms with E-state index in [2.05, 4.69) is 25.1 Å². The average molecular weight is 374 g/mol. The van der Waals surface area contributed by atoms with Crippen LogP contribution in [0.1, 0.15) is 34.5 Å². The quantitative estimate of drug-likeness (QED) is 0.763. The Morgan fingerprint density at radius 2 is 1.93 bits per heavy atom. The lowest BCUT2D eigenvalue weighted by Gasteiger charge is -2.26. The monoisotopic (exact) mass is 374 g/mol. The standard InChI is InChI=1S/C21H22N6O/c28-21(27-11-6-18-17(14-27)13-24-25-18)16-5-3-4-15(12-16)19-20(23-8-7-22-19)26-9-1-2-10-26/h3-5,7-8,12-13H,1-2,6,9-11,14H2,(H,24,25). The molecule has 7 nitrogen and oxygen atoms in total. The summed E-state index contributed by atoms with van der Waals surface area (Å²) in [5, 5.41) is 7.10. The van der Waals surface area contributed by atoms with E-state index in [1.54, 1.807) is 12.4 Å². The fourth-order valence-corrected chi connectivity index (χ4v) is 4.07. The normalized spacial score (nSPS) is 16.3. The number of aromatic amines is 1. The first kappa shape index (κ1) is 16.9. The van der Waals surface area contributed by atoms with E-state index in [1.807, 2.05) is 35.4 Å². The van der Waals surface area contributed by atoms with Crippen molar-refractivity contribution in [2.24, 2.45) is 0 Å². The van der Waals surface area contributed by atoms with Gasteiger partial charge in [-0.1, -0.05) is 12.1 Å². The van der Waals surface area contributed by atoms with Gasteiger partial charge in [-0.15, -0.1) is 0 Å². The Morgan fingerprint density at radius 1 is 1.07 bits per heavy atom. The molecule has 0 aliphatic carbocycles. The largest absolute Gasteiger partial charge is 0.355 e. The number of carbonyl (C=O) groups excluding carboxylic acids is 1. The molecule has 1 aromatic carbocycles. The van der Waals surface area contributed by atoms with Crippen molar-refractivity contribution in [2.75, 3.05) is 24.5 Å². The maximum atomic E-state index is 13.1. The minimum Gasteiger partial charge on any atom is -0.355 e. The molecule has 0 atom stereocenters. The van der Waals surface area contributed by atoms with Gasteiger partial charge < -0.3 is 9.80 Å². The summed E-state index contributed by atoms with van der Waals surface area (Å²) in [6.45, 7) is 3.30. The average Bonchev–Trinajstić information content (AvgIpc) is 3.45. The number of H-pyrrole nitrogens is 1. The van der Waals surface area contributed by atoms with Crippen LogP contribution in [0.25, 0.3) is 11.3 Å². The molecule has 142 valence electrons. The van der Waals surface area contributed by atoms with E-state index in [1.165, 1.54) is 12.8 Å². The van der Waals surface area contributed by atoms with Crippen molar-refractivity contribution in [2.45, 2.75) is 25.8 Å². The van der Waals surface area contributed by atoms with Crippen LogP contribution in [-0.4, -0.2) is 50.6 Å². The van der Waals surface area contributed by atoms with Gasteiger partial charge in [0.1, 0.15) is 5.69 Å². The number of amides is 1. The lowest BCUT2D eigenvalue weighted by molar-refractivity contribution is 0.0734. The van der Waals surface area contributed by atoms with Crippen molar-refractivity contribution < 1.29 is 4.79 Å². The van der Waals surface area contributed by atoms with Crippen LogP contribution in [0.15, 0.2) is 42.9 Å². The zero-order chi connectivity index (χ0) is 18.9. The zero-order valence-electron chi connectivity index (χ0n) is 15.6. The minimum atomic E-state index is 0.0420. The molecule has 0 saturated carbocycles. The van der Waals surface area contributed by atoms with Gasteiger partial charge in [-0.2, -0.15) is 5.10 Å². The van der Waals surface area contributed by atoms with Crippen LogP contribution >= 0.6 is 0 Å². The molecule has 2 aromatic heterocycles. The molecular formula is C21H22N6O. The Balaban J connectivity index is 1.44. The highest BCUT2D eigenvalue weighted by atomic mass is 16.2. The van der Waals surface area contributed by atoms with Crippen LogP contribution in [0.3, 0.4) is 0 Å². The molecule has 0 spiro atoms. The molecule has 0 unspecified atom stereocenters. The third-order valence-corrected chi connectivity index (χ3v) is 5.56. The van der Waals surface area contributed by atoms with Gasteiger partial charge in [0.15, 0.2) is 5.82 Å². The highest BCUT2D eigenvalue weighted by molar-refractivity contribution is 5.95. The Kier molecular flexibility index (Phi) is 4.27. The molecule has 7 heteroatoms.